The molecule has 0 fully saturated rings. The molecule has 0 unspecified atom stereocenters. The van der Waals surface area contributed by atoms with Crippen molar-refractivity contribution in [2.24, 2.45) is 10.7 Å². The molecule has 0 aromatic carbocycles. The number of amidine groups is 1. The molecule has 1 aromatic rings. The van der Waals surface area contributed by atoms with Gasteiger partial charge in [-0.25, -0.2) is 0 Å². The lowest BCUT2D eigenvalue weighted by Gasteiger charge is -2.03. The highest BCUT2D eigenvalue weighted by Gasteiger charge is 2.05. The van der Waals surface area contributed by atoms with Gasteiger partial charge in [-0.15, -0.1) is 0 Å². The molecule has 0 saturated heterocycles. The summed E-state index contributed by atoms with van der Waals surface area (Å²) in [6.45, 7) is 1.08. The highest BCUT2D eigenvalue weighted by atomic mass is 79.9. The summed E-state index contributed by atoms with van der Waals surface area (Å²) in [5.41, 5.74) is 6.42. The summed E-state index contributed by atoms with van der Waals surface area (Å²) >= 11 is 6.69. The van der Waals surface area contributed by atoms with Crippen LogP contribution in [0, 0.1) is 0 Å². The number of aromatic nitrogens is 1. The van der Waals surface area contributed by atoms with E-state index in [0.29, 0.717) is 24.7 Å². The zero-order valence-corrected chi connectivity index (χ0v) is 11.4. The second-order valence-electron chi connectivity index (χ2n) is 2.74. The van der Waals surface area contributed by atoms with E-state index in [1.165, 1.54) is 0 Å². The van der Waals surface area contributed by atoms with Crippen LogP contribution < -0.4 is 5.73 Å². The fourth-order valence-corrected chi connectivity index (χ4v) is 2.13. The van der Waals surface area contributed by atoms with Gasteiger partial charge >= 0.3 is 0 Å². The summed E-state index contributed by atoms with van der Waals surface area (Å²) in [7, 11) is 1.62. The van der Waals surface area contributed by atoms with Gasteiger partial charge in [0.25, 0.3) is 0 Å². The van der Waals surface area contributed by atoms with E-state index in [0.717, 1.165) is 8.95 Å². The highest BCUT2D eigenvalue weighted by Crippen LogP contribution is 2.19. The SMILES string of the molecule is COCCN=C(N)c1ncc(Br)cc1Br. The van der Waals surface area contributed by atoms with Crippen LogP contribution in [-0.4, -0.2) is 31.1 Å². The van der Waals surface area contributed by atoms with E-state index in [2.05, 4.69) is 41.8 Å². The normalized spacial score (nSPS) is 11.8. The third kappa shape index (κ3) is 3.89. The fourth-order valence-electron chi connectivity index (χ4n) is 0.935. The number of pyridine rings is 1. The van der Waals surface area contributed by atoms with Gasteiger partial charge in [-0.3, -0.25) is 9.98 Å². The van der Waals surface area contributed by atoms with Crippen molar-refractivity contribution in [3.05, 3.63) is 26.9 Å². The molecule has 0 saturated carbocycles. The van der Waals surface area contributed by atoms with Crippen LogP contribution in [0.5, 0.6) is 0 Å². The second-order valence-corrected chi connectivity index (χ2v) is 4.51. The maximum atomic E-state index is 5.77. The van der Waals surface area contributed by atoms with E-state index in [4.69, 9.17) is 10.5 Å². The van der Waals surface area contributed by atoms with Crippen molar-refractivity contribution in [1.82, 2.24) is 4.98 Å². The Hall–Kier alpha value is -0.460. The first-order valence-corrected chi connectivity index (χ1v) is 5.84. The number of rotatable bonds is 4. The van der Waals surface area contributed by atoms with Crippen LogP contribution >= 0.6 is 31.9 Å². The minimum atomic E-state index is 0.409. The number of hydrogen-bond donors (Lipinski definition) is 1. The molecule has 1 rings (SSSR count). The number of ether oxygens (including phenoxy) is 1. The molecule has 0 aliphatic rings. The van der Waals surface area contributed by atoms with Gasteiger partial charge in [0.05, 0.1) is 13.2 Å². The van der Waals surface area contributed by atoms with Crippen molar-refractivity contribution in [2.75, 3.05) is 20.3 Å². The average Bonchev–Trinajstić information content (AvgIpc) is 2.17. The molecule has 0 spiro atoms. The smallest absolute Gasteiger partial charge is 0.145 e. The first-order valence-electron chi connectivity index (χ1n) is 4.25. The molecule has 4 nitrogen and oxygen atoms in total. The predicted molar refractivity (Wildman–Crippen MR) is 67.1 cm³/mol. The molecule has 0 aliphatic heterocycles. The largest absolute Gasteiger partial charge is 0.383 e. The predicted octanol–water partition coefficient (Wildman–Crippen LogP) is 1.96. The lowest BCUT2D eigenvalue weighted by Crippen LogP contribution is -2.17. The van der Waals surface area contributed by atoms with E-state index in [-0.39, 0.29) is 0 Å². The molecule has 0 atom stereocenters. The molecule has 0 aliphatic carbocycles. The van der Waals surface area contributed by atoms with Crippen LogP contribution in [0.25, 0.3) is 0 Å². The molecule has 1 heterocycles. The van der Waals surface area contributed by atoms with Crippen molar-refractivity contribution in [1.29, 1.82) is 0 Å². The minimum absolute atomic E-state index is 0.409. The highest BCUT2D eigenvalue weighted by molar-refractivity contribution is 9.11. The monoisotopic (exact) mass is 335 g/mol. The standard InChI is InChI=1S/C9H11Br2N3O/c1-15-3-2-13-9(12)8-7(11)4-6(10)5-14-8/h4-5H,2-3H2,1H3,(H2,12,13). The van der Waals surface area contributed by atoms with Gasteiger partial charge in [0.1, 0.15) is 11.5 Å². The summed E-state index contributed by atoms with van der Waals surface area (Å²) in [4.78, 5) is 8.30. The van der Waals surface area contributed by atoms with Gasteiger partial charge in [0, 0.05) is 22.3 Å². The summed E-state index contributed by atoms with van der Waals surface area (Å²) < 4.78 is 6.58. The van der Waals surface area contributed by atoms with Crippen molar-refractivity contribution in [2.45, 2.75) is 0 Å². The third-order valence-corrected chi connectivity index (χ3v) is 2.67. The van der Waals surface area contributed by atoms with Gasteiger partial charge in [0.15, 0.2) is 0 Å². The Labute approximate surface area is 105 Å². The molecule has 0 bridgehead atoms. The van der Waals surface area contributed by atoms with Crippen LogP contribution in [0.1, 0.15) is 5.69 Å². The maximum absolute atomic E-state index is 5.77. The minimum Gasteiger partial charge on any atom is -0.383 e. The van der Waals surface area contributed by atoms with Crippen LogP contribution in [0.4, 0.5) is 0 Å². The molecular weight excluding hydrogens is 326 g/mol. The zero-order chi connectivity index (χ0) is 11.3. The second kappa shape index (κ2) is 6.19. The number of nitrogens with two attached hydrogens (primary N) is 1. The van der Waals surface area contributed by atoms with Crippen molar-refractivity contribution in [3.63, 3.8) is 0 Å². The number of methoxy groups -OCH3 is 1. The lowest BCUT2D eigenvalue weighted by molar-refractivity contribution is 0.208. The third-order valence-electron chi connectivity index (χ3n) is 1.63. The summed E-state index contributed by atoms with van der Waals surface area (Å²) in [5, 5.41) is 0. The number of hydrogen-bond acceptors (Lipinski definition) is 3. The maximum Gasteiger partial charge on any atom is 0.145 e. The number of halogens is 2. The molecular formula is C9H11Br2N3O. The van der Waals surface area contributed by atoms with Gasteiger partial charge in [-0.1, -0.05) is 0 Å². The first kappa shape index (κ1) is 12.6. The number of aliphatic imine (C=N–C) groups is 1. The van der Waals surface area contributed by atoms with E-state index in [1.54, 1.807) is 13.3 Å². The van der Waals surface area contributed by atoms with E-state index >= 15 is 0 Å². The van der Waals surface area contributed by atoms with E-state index < -0.39 is 0 Å². The molecule has 0 amide bonds. The molecule has 15 heavy (non-hydrogen) atoms. The average molecular weight is 337 g/mol. The van der Waals surface area contributed by atoms with Gasteiger partial charge < -0.3 is 10.5 Å². The van der Waals surface area contributed by atoms with Crippen molar-refractivity contribution < 1.29 is 4.74 Å². The lowest BCUT2D eigenvalue weighted by atomic mass is 10.3. The number of nitrogens with zero attached hydrogens (tertiary/aromatic N) is 2. The molecule has 82 valence electrons. The van der Waals surface area contributed by atoms with E-state index in [9.17, 15) is 0 Å². The molecule has 2 N–H and O–H groups in total. The van der Waals surface area contributed by atoms with Gasteiger partial charge in [0.2, 0.25) is 0 Å². The molecule has 0 radical (unpaired) electrons. The van der Waals surface area contributed by atoms with E-state index in [1.807, 2.05) is 6.07 Å². The Morgan fingerprint density at radius 3 is 2.93 bits per heavy atom. The first-order chi connectivity index (χ1) is 7.15. The topological polar surface area (TPSA) is 60.5 Å². The Balaban J connectivity index is 2.81. The van der Waals surface area contributed by atoms with Crippen LogP contribution in [0.2, 0.25) is 0 Å². The Morgan fingerprint density at radius 1 is 1.60 bits per heavy atom. The van der Waals surface area contributed by atoms with Crippen molar-refractivity contribution >= 4 is 37.7 Å². The van der Waals surface area contributed by atoms with Crippen LogP contribution in [0.3, 0.4) is 0 Å². The Morgan fingerprint density at radius 2 is 2.33 bits per heavy atom. The summed E-state index contributed by atoms with van der Waals surface area (Å²) in [6, 6.07) is 1.88. The van der Waals surface area contributed by atoms with Gasteiger partial charge in [-0.05, 0) is 37.9 Å². The van der Waals surface area contributed by atoms with Crippen molar-refractivity contribution in [3.8, 4) is 0 Å². The zero-order valence-electron chi connectivity index (χ0n) is 8.20. The molecule has 1 aromatic heterocycles. The Kier molecular flexibility index (Phi) is 5.21. The Bertz CT molecular complexity index is 368. The molecule has 6 heteroatoms. The van der Waals surface area contributed by atoms with Crippen LogP contribution in [-0.2, 0) is 4.74 Å². The fraction of sp³-hybridized carbons (Fsp3) is 0.333. The van der Waals surface area contributed by atoms with Crippen LogP contribution in [0.15, 0.2) is 26.2 Å². The summed E-state index contributed by atoms with van der Waals surface area (Å²) in [5.74, 6) is 0.409. The summed E-state index contributed by atoms with van der Waals surface area (Å²) in [6.07, 6.45) is 1.68. The van der Waals surface area contributed by atoms with Gasteiger partial charge in [-0.2, -0.15) is 0 Å². The quantitative estimate of drug-likeness (QED) is 0.519.